The Hall–Kier alpha value is -0.890. The number of nitrogens with one attached hydrogen (secondary N) is 2. The van der Waals surface area contributed by atoms with Crippen molar-refractivity contribution in [2.45, 2.75) is 24.7 Å². The Morgan fingerprint density at radius 3 is 2.73 bits per heavy atom. The van der Waals surface area contributed by atoms with E-state index in [2.05, 4.69) is 15.6 Å². The van der Waals surface area contributed by atoms with Crippen LogP contribution in [0, 0.1) is 5.82 Å². The third-order valence-electron chi connectivity index (χ3n) is 3.93. The van der Waals surface area contributed by atoms with Gasteiger partial charge < -0.3 is 15.4 Å². The van der Waals surface area contributed by atoms with Gasteiger partial charge in [-0.1, -0.05) is 12.1 Å². The molecule has 0 spiro atoms. The van der Waals surface area contributed by atoms with Gasteiger partial charge in [0.15, 0.2) is 5.96 Å². The van der Waals surface area contributed by atoms with E-state index in [0.29, 0.717) is 0 Å². The van der Waals surface area contributed by atoms with Crippen LogP contribution in [0.2, 0.25) is 0 Å². The van der Waals surface area contributed by atoms with E-state index < -0.39 is 0 Å². The molecule has 22 heavy (non-hydrogen) atoms. The largest absolute Gasteiger partial charge is 0.385 e. The first-order chi connectivity index (χ1) is 10.2. The lowest BCUT2D eigenvalue weighted by Gasteiger charge is -2.19. The van der Waals surface area contributed by atoms with Crippen LogP contribution in [0.4, 0.5) is 4.39 Å². The average molecular weight is 421 g/mol. The summed E-state index contributed by atoms with van der Waals surface area (Å²) in [6.45, 7) is 2.33. The molecule has 0 amide bonds. The van der Waals surface area contributed by atoms with Crippen LogP contribution in [-0.2, 0) is 10.2 Å². The van der Waals surface area contributed by atoms with Gasteiger partial charge in [-0.2, -0.15) is 0 Å². The summed E-state index contributed by atoms with van der Waals surface area (Å²) in [5.74, 6) is 0.620. The number of benzene rings is 1. The number of hydrogen-bond acceptors (Lipinski definition) is 2. The molecule has 0 atom stereocenters. The number of hydrogen-bond donors (Lipinski definition) is 2. The Morgan fingerprint density at radius 2 is 2.14 bits per heavy atom. The van der Waals surface area contributed by atoms with Crippen LogP contribution in [0.1, 0.15) is 24.8 Å². The van der Waals surface area contributed by atoms with E-state index in [-0.39, 0.29) is 35.2 Å². The normalized spacial score (nSPS) is 15.9. The predicted molar refractivity (Wildman–Crippen MR) is 98.6 cm³/mol. The van der Waals surface area contributed by atoms with E-state index in [1.807, 2.05) is 6.07 Å². The predicted octanol–water partition coefficient (Wildman–Crippen LogP) is 2.68. The summed E-state index contributed by atoms with van der Waals surface area (Å²) in [5.41, 5.74) is 1.14. The van der Waals surface area contributed by atoms with E-state index in [1.54, 1.807) is 26.3 Å². The number of nitrogens with zero attached hydrogens (tertiary/aromatic N) is 1. The maximum atomic E-state index is 13.4. The Kier molecular flexibility index (Phi) is 8.09. The fourth-order valence-corrected chi connectivity index (χ4v) is 2.43. The zero-order valence-electron chi connectivity index (χ0n) is 13.2. The molecule has 4 nitrogen and oxygen atoms in total. The van der Waals surface area contributed by atoms with E-state index in [1.165, 1.54) is 6.07 Å². The molecule has 6 heteroatoms. The molecule has 0 bridgehead atoms. The lowest BCUT2D eigenvalue weighted by atomic mass is 9.96. The smallest absolute Gasteiger partial charge is 0.191 e. The highest BCUT2D eigenvalue weighted by Gasteiger charge is 2.44. The molecule has 0 radical (unpaired) electrons. The molecule has 0 saturated heterocycles. The van der Waals surface area contributed by atoms with Gasteiger partial charge in [0, 0.05) is 39.3 Å². The molecule has 1 saturated carbocycles. The number of rotatable bonds is 7. The van der Waals surface area contributed by atoms with Gasteiger partial charge in [0.2, 0.25) is 0 Å². The lowest BCUT2D eigenvalue weighted by Crippen LogP contribution is -2.41. The fourth-order valence-electron chi connectivity index (χ4n) is 2.43. The molecule has 1 aromatic rings. The van der Waals surface area contributed by atoms with Crippen molar-refractivity contribution in [2.75, 3.05) is 33.9 Å². The maximum absolute atomic E-state index is 13.4. The number of guanidine groups is 1. The van der Waals surface area contributed by atoms with E-state index in [0.717, 1.165) is 50.5 Å². The SMILES string of the molecule is CN=C(NCCCOC)NCC1(c2cccc(F)c2)CC1.I. The van der Waals surface area contributed by atoms with Crippen molar-refractivity contribution in [1.29, 1.82) is 0 Å². The minimum atomic E-state index is -0.166. The first-order valence-electron chi connectivity index (χ1n) is 7.40. The minimum Gasteiger partial charge on any atom is -0.385 e. The summed E-state index contributed by atoms with van der Waals surface area (Å²) in [7, 11) is 3.45. The molecule has 1 aliphatic rings. The van der Waals surface area contributed by atoms with Crippen molar-refractivity contribution >= 4 is 29.9 Å². The van der Waals surface area contributed by atoms with Crippen molar-refractivity contribution in [3.63, 3.8) is 0 Å². The first kappa shape index (κ1) is 19.2. The molecule has 1 aliphatic carbocycles. The first-order valence-corrected chi connectivity index (χ1v) is 7.40. The summed E-state index contributed by atoms with van der Waals surface area (Å²) in [6.07, 6.45) is 3.11. The molecule has 124 valence electrons. The Labute approximate surface area is 148 Å². The second-order valence-electron chi connectivity index (χ2n) is 5.49. The highest BCUT2D eigenvalue weighted by Crippen LogP contribution is 2.47. The number of ether oxygens (including phenoxy) is 1. The zero-order chi connectivity index (χ0) is 15.1. The summed E-state index contributed by atoms with van der Waals surface area (Å²) < 4.78 is 18.4. The van der Waals surface area contributed by atoms with Crippen LogP contribution >= 0.6 is 24.0 Å². The Morgan fingerprint density at radius 1 is 1.36 bits per heavy atom. The lowest BCUT2D eigenvalue weighted by molar-refractivity contribution is 0.195. The molecule has 2 rings (SSSR count). The summed E-state index contributed by atoms with van der Waals surface area (Å²) in [5, 5.41) is 6.59. The monoisotopic (exact) mass is 421 g/mol. The topological polar surface area (TPSA) is 45.7 Å². The van der Waals surface area contributed by atoms with Crippen LogP contribution in [0.5, 0.6) is 0 Å². The van der Waals surface area contributed by atoms with Gasteiger partial charge in [-0.25, -0.2) is 4.39 Å². The van der Waals surface area contributed by atoms with Crippen LogP contribution in [0.15, 0.2) is 29.3 Å². The number of aliphatic imine (C=N–C) groups is 1. The second-order valence-corrected chi connectivity index (χ2v) is 5.49. The second kappa shape index (κ2) is 9.29. The Balaban J connectivity index is 0.00000242. The highest BCUT2D eigenvalue weighted by molar-refractivity contribution is 14.0. The van der Waals surface area contributed by atoms with Crippen molar-refractivity contribution in [3.05, 3.63) is 35.6 Å². The fraction of sp³-hybridized carbons (Fsp3) is 0.562. The molecular weight excluding hydrogens is 396 g/mol. The zero-order valence-corrected chi connectivity index (χ0v) is 15.5. The average Bonchev–Trinajstić information content (AvgIpc) is 3.28. The van der Waals surface area contributed by atoms with Crippen molar-refractivity contribution in [2.24, 2.45) is 4.99 Å². The van der Waals surface area contributed by atoms with E-state index in [4.69, 9.17) is 4.74 Å². The van der Waals surface area contributed by atoms with Gasteiger partial charge in [0.05, 0.1) is 0 Å². The molecule has 1 aromatic carbocycles. The summed E-state index contributed by atoms with van der Waals surface area (Å²) in [6, 6.07) is 6.92. The number of halogens is 2. The summed E-state index contributed by atoms with van der Waals surface area (Å²) in [4.78, 5) is 4.21. The van der Waals surface area contributed by atoms with Gasteiger partial charge in [-0.05, 0) is 37.0 Å². The molecule has 0 aliphatic heterocycles. The van der Waals surface area contributed by atoms with Crippen LogP contribution in [0.25, 0.3) is 0 Å². The third-order valence-corrected chi connectivity index (χ3v) is 3.93. The maximum Gasteiger partial charge on any atom is 0.191 e. The van der Waals surface area contributed by atoms with Gasteiger partial charge in [-0.3, -0.25) is 4.99 Å². The van der Waals surface area contributed by atoms with Gasteiger partial charge in [0.1, 0.15) is 5.82 Å². The summed E-state index contributed by atoms with van der Waals surface area (Å²) >= 11 is 0. The van der Waals surface area contributed by atoms with Gasteiger partial charge >= 0.3 is 0 Å². The molecule has 0 unspecified atom stereocenters. The van der Waals surface area contributed by atoms with Crippen LogP contribution in [-0.4, -0.2) is 39.8 Å². The van der Waals surface area contributed by atoms with E-state index >= 15 is 0 Å². The van der Waals surface area contributed by atoms with E-state index in [9.17, 15) is 4.39 Å². The van der Waals surface area contributed by atoms with Crippen LogP contribution < -0.4 is 10.6 Å². The van der Waals surface area contributed by atoms with Crippen molar-refractivity contribution in [1.82, 2.24) is 10.6 Å². The quantitative estimate of drug-likeness (QED) is 0.308. The Bertz CT molecular complexity index is 492. The third kappa shape index (κ3) is 5.39. The standard InChI is InChI=1S/C16H24FN3O.HI/c1-18-15(19-9-4-10-21-2)20-12-16(7-8-16)13-5-3-6-14(17)11-13;/h3,5-6,11H,4,7-10,12H2,1-2H3,(H2,18,19,20);1H. The van der Waals surface area contributed by atoms with Crippen LogP contribution in [0.3, 0.4) is 0 Å². The highest BCUT2D eigenvalue weighted by atomic mass is 127. The molecule has 0 aromatic heterocycles. The van der Waals surface area contributed by atoms with Crippen molar-refractivity contribution < 1.29 is 9.13 Å². The molecule has 0 heterocycles. The molecule has 2 N–H and O–H groups in total. The number of methoxy groups -OCH3 is 1. The van der Waals surface area contributed by atoms with Crippen molar-refractivity contribution in [3.8, 4) is 0 Å². The van der Waals surface area contributed by atoms with Gasteiger partial charge in [-0.15, -0.1) is 24.0 Å². The molecular formula is C16H25FIN3O. The molecule has 1 fully saturated rings. The minimum absolute atomic E-state index is 0. The van der Waals surface area contributed by atoms with Gasteiger partial charge in [0.25, 0.3) is 0 Å².